The summed E-state index contributed by atoms with van der Waals surface area (Å²) in [7, 11) is 4.19. The number of nitrogens with one attached hydrogen (secondary N) is 2. The van der Waals surface area contributed by atoms with Crippen LogP contribution in [0.4, 0.5) is 11.8 Å². The number of aromatic nitrogens is 2. The predicted molar refractivity (Wildman–Crippen MR) is 128 cm³/mol. The number of aryl methyl sites for hydroxylation is 2. The first-order chi connectivity index (χ1) is 14.6. The van der Waals surface area contributed by atoms with Gasteiger partial charge in [-0.2, -0.15) is 4.98 Å². The number of thiophene rings is 1. The van der Waals surface area contributed by atoms with Gasteiger partial charge in [0, 0.05) is 42.0 Å². The van der Waals surface area contributed by atoms with Gasteiger partial charge in [-0.15, -0.1) is 11.3 Å². The molecule has 0 aliphatic heterocycles. The Morgan fingerprint density at radius 2 is 1.80 bits per heavy atom. The largest absolute Gasteiger partial charge is 0.362 e. The maximum Gasteiger partial charge on any atom is 0.225 e. The second kappa shape index (κ2) is 10.1. The number of hydrogen-bond acceptors (Lipinski definition) is 6. The van der Waals surface area contributed by atoms with Crippen molar-refractivity contribution in [3.05, 3.63) is 33.1 Å². The Balaban J connectivity index is 1.26. The van der Waals surface area contributed by atoms with Crippen molar-refractivity contribution in [2.45, 2.75) is 77.3 Å². The molecule has 0 amide bonds. The Hall–Kier alpha value is -1.66. The molecular formula is C24H37N5S. The average Bonchev–Trinajstić information content (AvgIpc) is 3.22. The van der Waals surface area contributed by atoms with Crippen molar-refractivity contribution < 1.29 is 0 Å². The summed E-state index contributed by atoms with van der Waals surface area (Å²) in [6.45, 7) is 4.37. The summed E-state index contributed by atoms with van der Waals surface area (Å²) in [6.07, 6.45) is 10.8. The van der Waals surface area contributed by atoms with Gasteiger partial charge in [-0.25, -0.2) is 4.98 Å². The standard InChI is InChI=1S/C24H37N5S/c1-4-19-13-14-20(30-19)16-25-15-17-9-11-18(12-10-17)26-24-27-22-8-6-5-7-21(22)23(28-24)29(2)3/h13-14,17-18,25H,4-12,15-16H2,1-3H3,(H,26,27,28). The second-order valence-electron chi connectivity index (χ2n) is 9.11. The van der Waals surface area contributed by atoms with E-state index in [0.717, 1.165) is 50.0 Å². The van der Waals surface area contributed by atoms with E-state index in [-0.39, 0.29) is 0 Å². The lowest BCUT2D eigenvalue weighted by Gasteiger charge is -2.30. The van der Waals surface area contributed by atoms with Crippen LogP contribution in [0, 0.1) is 5.92 Å². The van der Waals surface area contributed by atoms with Gasteiger partial charge in [0.15, 0.2) is 0 Å². The van der Waals surface area contributed by atoms with Crippen LogP contribution >= 0.6 is 11.3 Å². The highest BCUT2D eigenvalue weighted by Gasteiger charge is 2.24. The fourth-order valence-corrected chi connectivity index (χ4v) is 5.74. The van der Waals surface area contributed by atoms with Gasteiger partial charge in [-0.1, -0.05) is 6.92 Å². The van der Waals surface area contributed by atoms with Crippen molar-refractivity contribution in [3.63, 3.8) is 0 Å². The van der Waals surface area contributed by atoms with E-state index in [1.165, 1.54) is 59.5 Å². The highest BCUT2D eigenvalue weighted by Crippen LogP contribution is 2.30. The molecule has 164 valence electrons. The lowest BCUT2D eigenvalue weighted by atomic mass is 9.86. The first kappa shape index (κ1) is 21.6. The van der Waals surface area contributed by atoms with E-state index in [4.69, 9.17) is 9.97 Å². The van der Waals surface area contributed by atoms with Gasteiger partial charge in [-0.3, -0.25) is 0 Å². The highest BCUT2D eigenvalue weighted by molar-refractivity contribution is 7.11. The smallest absolute Gasteiger partial charge is 0.225 e. The summed E-state index contributed by atoms with van der Waals surface area (Å²) in [5.41, 5.74) is 2.63. The van der Waals surface area contributed by atoms with Crippen LogP contribution in [0.3, 0.4) is 0 Å². The lowest BCUT2D eigenvalue weighted by molar-refractivity contribution is 0.324. The summed E-state index contributed by atoms with van der Waals surface area (Å²) in [6, 6.07) is 5.04. The molecule has 0 atom stereocenters. The molecule has 4 rings (SSSR count). The minimum atomic E-state index is 0.502. The lowest BCUT2D eigenvalue weighted by Crippen LogP contribution is -2.32. The zero-order chi connectivity index (χ0) is 20.9. The molecule has 0 saturated heterocycles. The molecule has 6 heteroatoms. The maximum atomic E-state index is 4.90. The number of rotatable bonds is 8. The molecule has 0 unspecified atom stereocenters. The molecule has 0 radical (unpaired) electrons. The summed E-state index contributed by atoms with van der Waals surface area (Å²) < 4.78 is 0. The average molecular weight is 428 g/mol. The Morgan fingerprint density at radius 1 is 1.03 bits per heavy atom. The number of hydrogen-bond donors (Lipinski definition) is 2. The Kier molecular flexibility index (Phi) is 7.26. The third-order valence-electron chi connectivity index (χ3n) is 6.56. The summed E-state index contributed by atoms with van der Waals surface area (Å²) in [5.74, 6) is 2.74. The SMILES string of the molecule is CCc1ccc(CNCC2CCC(Nc3nc4c(c(N(C)C)n3)CCCC4)CC2)s1. The number of anilines is 2. The van der Waals surface area contributed by atoms with Crippen molar-refractivity contribution in [2.24, 2.45) is 5.92 Å². The molecule has 2 aromatic heterocycles. The van der Waals surface area contributed by atoms with Gasteiger partial charge in [0.25, 0.3) is 0 Å². The molecule has 2 N–H and O–H groups in total. The number of nitrogens with zero attached hydrogens (tertiary/aromatic N) is 3. The van der Waals surface area contributed by atoms with E-state index in [2.05, 4.69) is 48.7 Å². The summed E-state index contributed by atoms with van der Waals surface area (Å²) in [5, 5.41) is 7.36. The van der Waals surface area contributed by atoms with Crippen LogP contribution in [0.2, 0.25) is 0 Å². The second-order valence-corrected chi connectivity index (χ2v) is 10.4. The normalized spacial score (nSPS) is 21.3. The van der Waals surface area contributed by atoms with E-state index >= 15 is 0 Å². The molecule has 1 saturated carbocycles. The van der Waals surface area contributed by atoms with Gasteiger partial charge >= 0.3 is 0 Å². The van der Waals surface area contributed by atoms with E-state index in [9.17, 15) is 0 Å². The van der Waals surface area contributed by atoms with Crippen molar-refractivity contribution in [1.29, 1.82) is 0 Å². The van der Waals surface area contributed by atoms with Gasteiger partial charge in [-0.05, 0) is 82.4 Å². The van der Waals surface area contributed by atoms with Crippen LogP contribution in [0.25, 0.3) is 0 Å². The van der Waals surface area contributed by atoms with Gasteiger partial charge in [0.05, 0.1) is 5.69 Å². The monoisotopic (exact) mass is 427 g/mol. The minimum absolute atomic E-state index is 0.502. The van der Waals surface area contributed by atoms with Crippen LogP contribution in [0.5, 0.6) is 0 Å². The molecule has 0 bridgehead atoms. The van der Waals surface area contributed by atoms with Gasteiger partial charge in [0.2, 0.25) is 5.95 Å². The van der Waals surface area contributed by atoms with Crippen LogP contribution in [-0.4, -0.2) is 36.6 Å². The molecule has 2 heterocycles. The zero-order valence-electron chi connectivity index (χ0n) is 18.8. The molecule has 1 fully saturated rings. The van der Waals surface area contributed by atoms with E-state index < -0.39 is 0 Å². The molecule has 5 nitrogen and oxygen atoms in total. The zero-order valence-corrected chi connectivity index (χ0v) is 19.7. The Morgan fingerprint density at radius 3 is 2.53 bits per heavy atom. The van der Waals surface area contributed by atoms with Crippen LogP contribution in [0.15, 0.2) is 12.1 Å². The fourth-order valence-electron chi connectivity index (χ4n) is 4.81. The van der Waals surface area contributed by atoms with E-state index in [1.807, 2.05) is 11.3 Å². The van der Waals surface area contributed by atoms with Crippen LogP contribution in [0.1, 0.15) is 66.5 Å². The molecule has 2 aliphatic rings. The molecule has 30 heavy (non-hydrogen) atoms. The van der Waals surface area contributed by atoms with Crippen LogP contribution < -0.4 is 15.5 Å². The van der Waals surface area contributed by atoms with Crippen LogP contribution in [-0.2, 0) is 25.8 Å². The van der Waals surface area contributed by atoms with Crippen molar-refractivity contribution in [1.82, 2.24) is 15.3 Å². The van der Waals surface area contributed by atoms with E-state index in [1.54, 1.807) is 0 Å². The Labute approximate surface area is 185 Å². The van der Waals surface area contributed by atoms with Crippen molar-refractivity contribution in [2.75, 3.05) is 30.9 Å². The molecule has 2 aliphatic carbocycles. The van der Waals surface area contributed by atoms with E-state index in [0.29, 0.717) is 6.04 Å². The Bertz CT molecular complexity index is 823. The minimum Gasteiger partial charge on any atom is -0.362 e. The first-order valence-electron chi connectivity index (χ1n) is 11.7. The number of fused-ring (bicyclic) bond motifs is 1. The fraction of sp³-hybridized carbons (Fsp3) is 0.667. The van der Waals surface area contributed by atoms with Crippen molar-refractivity contribution in [3.8, 4) is 0 Å². The highest BCUT2D eigenvalue weighted by atomic mass is 32.1. The predicted octanol–water partition coefficient (Wildman–Crippen LogP) is 4.81. The molecule has 0 aromatic carbocycles. The quantitative estimate of drug-likeness (QED) is 0.633. The molecular weight excluding hydrogens is 390 g/mol. The van der Waals surface area contributed by atoms with Gasteiger partial charge in [0.1, 0.15) is 5.82 Å². The topological polar surface area (TPSA) is 53.1 Å². The molecule has 2 aromatic rings. The maximum absolute atomic E-state index is 4.90. The third kappa shape index (κ3) is 5.33. The summed E-state index contributed by atoms with van der Waals surface area (Å²) in [4.78, 5) is 14.9. The summed E-state index contributed by atoms with van der Waals surface area (Å²) >= 11 is 1.94. The van der Waals surface area contributed by atoms with Crippen molar-refractivity contribution >= 4 is 23.1 Å². The third-order valence-corrected chi connectivity index (χ3v) is 7.79. The molecule has 0 spiro atoms. The van der Waals surface area contributed by atoms with Gasteiger partial charge < -0.3 is 15.5 Å². The first-order valence-corrected chi connectivity index (χ1v) is 12.6.